The Kier molecular flexibility index (Phi) is 7.46. The largest absolute Gasteiger partial charge is 0.493 e. The van der Waals surface area contributed by atoms with Crippen LogP contribution in [0.5, 0.6) is 11.5 Å². The number of fused-ring (bicyclic) bond motifs is 1. The summed E-state index contributed by atoms with van der Waals surface area (Å²) in [4.78, 5) is 30.2. The lowest BCUT2D eigenvalue weighted by Gasteiger charge is -2.15. The van der Waals surface area contributed by atoms with Gasteiger partial charge in [-0.15, -0.1) is 0 Å². The number of hydrogen-bond donors (Lipinski definition) is 1. The second-order valence-corrected chi connectivity index (χ2v) is 8.65. The monoisotopic (exact) mass is 461 g/mol. The first-order valence-corrected chi connectivity index (χ1v) is 11.0. The van der Waals surface area contributed by atoms with E-state index in [0.717, 1.165) is 0 Å². The zero-order valence-corrected chi connectivity index (χ0v) is 19.3. The summed E-state index contributed by atoms with van der Waals surface area (Å²) in [5.74, 6) is 1.20. The molecular weight excluding hydrogens is 438 g/mol. The standard InChI is InChI=1S/C22H24ClN3O4S/c1-13(2)11-26-21(28)16-9-14(23)5-7-17(16)25-22(26)31-12-20(27)24-15-6-8-18(29-3)19(10-15)30-4/h5-10,13H,11-12H2,1-4H3,(H,24,27). The first kappa shape index (κ1) is 23.0. The van der Waals surface area contributed by atoms with Crippen LogP contribution in [0.25, 0.3) is 10.9 Å². The predicted octanol–water partition coefficient (Wildman–Crippen LogP) is 4.45. The van der Waals surface area contributed by atoms with Crippen molar-refractivity contribution in [1.82, 2.24) is 9.55 Å². The van der Waals surface area contributed by atoms with E-state index in [1.165, 1.54) is 18.9 Å². The molecule has 2 aromatic carbocycles. The average molecular weight is 462 g/mol. The van der Waals surface area contributed by atoms with Gasteiger partial charge >= 0.3 is 0 Å². The Balaban J connectivity index is 1.82. The molecule has 0 aliphatic rings. The SMILES string of the molecule is COc1ccc(NC(=O)CSc2nc3ccc(Cl)cc3c(=O)n2CC(C)C)cc1OC. The Hall–Kier alpha value is -2.71. The smallest absolute Gasteiger partial charge is 0.262 e. The number of nitrogens with one attached hydrogen (secondary N) is 1. The first-order chi connectivity index (χ1) is 14.8. The molecule has 0 unspecified atom stereocenters. The number of amides is 1. The summed E-state index contributed by atoms with van der Waals surface area (Å²) >= 11 is 7.28. The second-order valence-electron chi connectivity index (χ2n) is 7.27. The van der Waals surface area contributed by atoms with Crippen LogP contribution in [0, 0.1) is 5.92 Å². The van der Waals surface area contributed by atoms with E-state index in [1.54, 1.807) is 48.1 Å². The molecule has 0 fully saturated rings. The maximum absolute atomic E-state index is 13.0. The van der Waals surface area contributed by atoms with Gasteiger partial charge in [0.2, 0.25) is 5.91 Å². The van der Waals surface area contributed by atoms with Crippen molar-refractivity contribution in [3.8, 4) is 11.5 Å². The van der Waals surface area contributed by atoms with Crippen molar-refractivity contribution in [2.45, 2.75) is 25.5 Å². The second kappa shape index (κ2) is 10.1. The quantitative estimate of drug-likeness (QED) is 0.394. The maximum Gasteiger partial charge on any atom is 0.262 e. The number of anilines is 1. The van der Waals surface area contributed by atoms with Crippen molar-refractivity contribution < 1.29 is 14.3 Å². The van der Waals surface area contributed by atoms with Gasteiger partial charge in [0.1, 0.15) is 0 Å². The number of carbonyl (C=O) groups excluding carboxylic acids is 1. The van der Waals surface area contributed by atoms with E-state index in [4.69, 9.17) is 21.1 Å². The molecule has 0 spiro atoms. The number of thioether (sulfide) groups is 1. The molecule has 0 atom stereocenters. The molecule has 0 aliphatic carbocycles. The van der Waals surface area contributed by atoms with Gasteiger partial charge in [0, 0.05) is 23.3 Å². The van der Waals surface area contributed by atoms with Crippen molar-refractivity contribution >= 4 is 45.9 Å². The molecule has 0 aliphatic heterocycles. The Morgan fingerprint density at radius 3 is 2.58 bits per heavy atom. The molecule has 164 valence electrons. The fourth-order valence-electron chi connectivity index (χ4n) is 3.05. The Bertz CT molecular complexity index is 1160. The number of aromatic nitrogens is 2. The van der Waals surface area contributed by atoms with Crippen LogP contribution >= 0.6 is 23.4 Å². The van der Waals surface area contributed by atoms with Crippen LogP contribution in [0.1, 0.15) is 13.8 Å². The van der Waals surface area contributed by atoms with Gasteiger partial charge < -0.3 is 14.8 Å². The number of nitrogens with zero attached hydrogens (tertiary/aromatic N) is 2. The highest BCUT2D eigenvalue weighted by molar-refractivity contribution is 7.99. The number of rotatable bonds is 8. The van der Waals surface area contributed by atoms with Crippen molar-refractivity contribution in [2.24, 2.45) is 5.92 Å². The third kappa shape index (κ3) is 5.51. The molecule has 3 rings (SSSR count). The molecule has 0 saturated carbocycles. The van der Waals surface area contributed by atoms with Crippen LogP contribution in [0.2, 0.25) is 5.02 Å². The molecule has 7 nitrogen and oxygen atoms in total. The molecule has 0 bridgehead atoms. The molecule has 0 saturated heterocycles. The van der Waals surface area contributed by atoms with Gasteiger partial charge in [-0.3, -0.25) is 14.2 Å². The highest BCUT2D eigenvalue weighted by Gasteiger charge is 2.15. The topological polar surface area (TPSA) is 82.5 Å². The minimum atomic E-state index is -0.223. The summed E-state index contributed by atoms with van der Waals surface area (Å²) in [5.41, 5.74) is 0.977. The fraction of sp³-hybridized carbons (Fsp3) is 0.318. The normalized spacial score (nSPS) is 11.0. The minimum Gasteiger partial charge on any atom is -0.493 e. The summed E-state index contributed by atoms with van der Waals surface area (Å²) in [6.45, 7) is 4.54. The Labute approximate surface area is 189 Å². The van der Waals surface area contributed by atoms with Gasteiger partial charge in [-0.05, 0) is 36.2 Å². The van der Waals surface area contributed by atoms with E-state index >= 15 is 0 Å². The molecular formula is C22H24ClN3O4S. The lowest BCUT2D eigenvalue weighted by molar-refractivity contribution is -0.113. The van der Waals surface area contributed by atoms with Gasteiger partial charge in [-0.2, -0.15) is 0 Å². The molecule has 3 aromatic rings. The van der Waals surface area contributed by atoms with Crippen LogP contribution in [0.15, 0.2) is 46.3 Å². The van der Waals surface area contributed by atoms with Gasteiger partial charge in [-0.1, -0.05) is 37.2 Å². The third-order valence-electron chi connectivity index (χ3n) is 4.43. The molecule has 9 heteroatoms. The van der Waals surface area contributed by atoms with Crippen molar-refractivity contribution in [1.29, 1.82) is 0 Å². The van der Waals surface area contributed by atoms with Crippen LogP contribution in [0.4, 0.5) is 5.69 Å². The maximum atomic E-state index is 13.0. The van der Waals surface area contributed by atoms with Crippen molar-refractivity contribution in [2.75, 3.05) is 25.3 Å². The lowest BCUT2D eigenvalue weighted by Crippen LogP contribution is -2.26. The molecule has 1 aromatic heterocycles. The van der Waals surface area contributed by atoms with Gasteiger partial charge in [0.05, 0.1) is 30.9 Å². The van der Waals surface area contributed by atoms with E-state index in [1.807, 2.05) is 13.8 Å². The summed E-state index contributed by atoms with van der Waals surface area (Å²) in [5, 5.41) is 4.27. The molecule has 1 N–H and O–H groups in total. The lowest BCUT2D eigenvalue weighted by atomic mass is 10.2. The number of carbonyl (C=O) groups is 1. The van der Waals surface area contributed by atoms with E-state index in [9.17, 15) is 9.59 Å². The highest BCUT2D eigenvalue weighted by Crippen LogP contribution is 2.30. The molecule has 1 amide bonds. The van der Waals surface area contributed by atoms with Gasteiger partial charge in [-0.25, -0.2) is 4.98 Å². The van der Waals surface area contributed by atoms with E-state index < -0.39 is 0 Å². The summed E-state index contributed by atoms with van der Waals surface area (Å²) in [6.07, 6.45) is 0. The molecule has 31 heavy (non-hydrogen) atoms. The third-order valence-corrected chi connectivity index (χ3v) is 5.64. The van der Waals surface area contributed by atoms with Gasteiger partial charge in [0.15, 0.2) is 16.7 Å². The Morgan fingerprint density at radius 2 is 1.90 bits per heavy atom. The molecule has 1 heterocycles. The average Bonchev–Trinajstić information content (AvgIpc) is 2.74. The van der Waals surface area contributed by atoms with Crippen LogP contribution in [-0.4, -0.2) is 35.4 Å². The van der Waals surface area contributed by atoms with E-state index in [0.29, 0.717) is 44.8 Å². The van der Waals surface area contributed by atoms with E-state index in [2.05, 4.69) is 10.3 Å². The number of ether oxygens (including phenoxy) is 2. The number of benzene rings is 2. The van der Waals surface area contributed by atoms with Crippen LogP contribution < -0.4 is 20.3 Å². The number of methoxy groups -OCH3 is 2. The number of hydrogen-bond acceptors (Lipinski definition) is 6. The van der Waals surface area contributed by atoms with Crippen molar-refractivity contribution in [3.05, 3.63) is 51.8 Å². The summed E-state index contributed by atoms with van der Waals surface area (Å²) in [6, 6.07) is 10.2. The Morgan fingerprint density at radius 1 is 1.16 bits per heavy atom. The molecule has 0 radical (unpaired) electrons. The van der Waals surface area contributed by atoms with Crippen LogP contribution in [-0.2, 0) is 11.3 Å². The highest BCUT2D eigenvalue weighted by atomic mass is 35.5. The fourth-order valence-corrected chi connectivity index (χ4v) is 4.03. The summed E-state index contributed by atoms with van der Waals surface area (Å²) in [7, 11) is 3.08. The van der Waals surface area contributed by atoms with E-state index in [-0.39, 0.29) is 23.1 Å². The van der Waals surface area contributed by atoms with Crippen molar-refractivity contribution in [3.63, 3.8) is 0 Å². The van der Waals surface area contributed by atoms with Gasteiger partial charge in [0.25, 0.3) is 5.56 Å². The summed E-state index contributed by atoms with van der Waals surface area (Å²) < 4.78 is 12.1. The zero-order valence-electron chi connectivity index (χ0n) is 17.8. The van der Waals surface area contributed by atoms with Crippen LogP contribution in [0.3, 0.4) is 0 Å². The first-order valence-electron chi connectivity index (χ1n) is 9.67. The zero-order chi connectivity index (χ0) is 22.5. The predicted molar refractivity (Wildman–Crippen MR) is 125 cm³/mol. The number of halogens is 1. The minimum absolute atomic E-state index is 0.0952.